The largest absolute Gasteiger partial charge is 0.455 e. The topological polar surface area (TPSA) is 29.1 Å². The molecular formula is C15H9F8NOS. The van der Waals surface area contributed by atoms with Crippen molar-refractivity contribution < 1.29 is 39.9 Å². The number of carbonyl (C=O) groups excluding carboxylic acids is 1. The van der Waals surface area contributed by atoms with E-state index in [9.17, 15) is 39.9 Å². The molecule has 1 N–H and O–H groups in total. The summed E-state index contributed by atoms with van der Waals surface area (Å²) in [7, 11) is 0. The number of thiophene rings is 1. The van der Waals surface area contributed by atoms with Gasteiger partial charge in [0.25, 0.3) is 5.91 Å². The van der Waals surface area contributed by atoms with Gasteiger partial charge in [-0.3, -0.25) is 4.79 Å². The number of benzene rings is 1. The van der Waals surface area contributed by atoms with Crippen LogP contribution < -0.4 is 5.32 Å². The Morgan fingerprint density at radius 2 is 1.62 bits per heavy atom. The van der Waals surface area contributed by atoms with E-state index in [-0.39, 0.29) is 15.3 Å². The smallest absolute Gasteiger partial charge is 0.345 e. The SMILES string of the molecule is O=C(NCC(F)(F)C(F)(F)F)c1ccc(-c2cccc(C(F)(F)F)c2)s1. The molecule has 26 heavy (non-hydrogen) atoms. The van der Waals surface area contributed by atoms with Gasteiger partial charge in [-0.1, -0.05) is 12.1 Å². The number of hydrogen-bond acceptors (Lipinski definition) is 2. The Morgan fingerprint density at radius 1 is 0.962 bits per heavy atom. The van der Waals surface area contributed by atoms with Gasteiger partial charge in [-0.25, -0.2) is 0 Å². The van der Waals surface area contributed by atoms with Gasteiger partial charge in [-0.15, -0.1) is 11.3 Å². The van der Waals surface area contributed by atoms with Crippen molar-refractivity contribution in [3.05, 3.63) is 46.8 Å². The van der Waals surface area contributed by atoms with Gasteiger partial charge in [0.05, 0.1) is 17.0 Å². The van der Waals surface area contributed by atoms with E-state index in [4.69, 9.17) is 0 Å². The minimum Gasteiger partial charge on any atom is -0.345 e. The monoisotopic (exact) mass is 403 g/mol. The highest BCUT2D eigenvalue weighted by Gasteiger charge is 2.57. The molecule has 1 heterocycles. The third-order valence-electron chi connectivity index (χ3n) is 3.19. The summed E-state index contributed by atoms with van der Waals surface area (Å²) in [6.45, 7) is -1.94. The number of alkyl halides is 8. The lowest BCUT2D eigenvalue weighted by Gasteiger charge is -2.19. The molecular weight excluding hydrogens is 394 g/mol. The maximum Gasteiger partial charge on any atom is 0.455 e. The highest BCUT2D eigenvalue weighted by Crippen LogP contribution is 2.36. The summed E-state index contributed by atoms with van der Waals surface area (Å²) in [6.07, 6.45) is -10.4. The maximum absolute atomic E-state index is 12.8. The summed E-state index contributed by atoms with van der Waals surface area (Å²) in [6, 6.07) is 6.59. The van der Waals surface area contributed by atoms with Crippen molar-refractivity contribution in [3.63, 3.8) is 0 Å². The van der Waals surface area contributed by atoms with Gasteiger partial charge in [0, 0.05) is 4.88 Å². The van der Waals surface area contributed by atoms with Crippen molar-refractivity contribution in [2.24, 2.45) is 0 Å². The molecule has 0 fully saturated rings. The predicted octanol–water partition coefficient (Wildman–Crippen LogP) is 5.36. The van der Waals surface area contributed by atoms with E-state index < -0.39 is 36.3 Å². The van der Waals surface area contributed by atoms with Crippen molar-refractivity contribution in [3.8, 4) is 10.4 Å². The molecule has 2 rings (SSSR count). The number of halogens is 8. The predicted molar refractivity (Wildman–Crippen MR) is 78.1 cm³/mol. The van der Waals surface area contributed by atoms with Gasteiger partial charge in [0.15, 0.2) is 0 Å². The Balaban J connectivity index is 2.14. The molecule has 11 heteroatoms. The van der Waals surface area contributed by atoms with E-state index >= 15 is 0 Å². The van der Waals surface area contributed by atoms with Gasteiger partial charge in [-0.2, -0.15) is 35.1 Å². The summed E-state index contributed by atoms with van der Waals surface area (Å²) < 4.78 is 99.9. The quantitative estimate of drug-likeness (QED) is 0.685. The Kier molecular flexibility index (Phi) is 5.31. The first-order chi connectivity index (χ1) is 11.8. The zero-order valence-corrected chi connectivity index (χ0v) is 13.3. The Bertz CT molecular complexity index is 793. The van der Waals surface area contributed by atoms with Crippen LogP contribution in [-0.2, 0) is 6.18 Å². The molecule has 1 amide bonds. The van der Waals surface area contributed by atoms with Crippen LogP contribution in [0.15, 0.2) is 36.4 Å². The molecule has 2 nitrogen and oxygen atoms in total. The number of rotatable bonds is 4. The second-order valence-electron chi connectivity index (χ2n) is 5.13. The van der Waals surface area contributed by atoms with Gasteiger partial charge < -0.3 is 5.32 Å². The molecule has 0 bridgehead atoms. The molecule has 2 aromatic rings. The molecule has 0 aliphatic heterocycles. The van der Waals surface area contributed by atoms with E-state index in [1.165, 1.54) is 17.4 Å². The van der Waals surface area contributed by atoms with Crippen molar-refractivity contribution >= 4 is 17.2 Å². The average molecular weight is 403 g/mol. The molecule has 0 radical (unpaired) electrons. The van der Waals surface area contributed by atoms with Gasteiger partial charge in [0.2, 0.25) is 0 Å². The highest BCUT2D eigenvalue weighted by atomic mass is 32.1. The Hall–Kier alpha value is -2.17. The minimum atomic E-state index is -5.81. The summed E-state index contributed by atoms with van der Waals surface area (Å²) in [4.78, 5) is 11.7. The molecule has 1 aromatic heterocycles. The normalized spacial score (nSPS) is 12.9. The van der Waals surface area contributed by atoms with E-state index in [0.717, 1.165) is 24.3 Å². The van der Waals surface area contributed by atoms with E-state index in [2.05, 4.69) is 0 Å². The zero-order valence-electron chi connectivity index (χ0n) is 12.5. The molecule has 1 aromatic carbocycles. The summed E-state index contributed by atoms with van der Waals surface area (Å²) >= 11 is 0.666. The van der Waals surface area contributed by atoms with Gasteiger partial charge in [0.1, 0.15) is 0 Å². The molecule has 0 unspecified atom stereocenters. The first kappa shape index (κ1) is 20.1. The van der Waals surface area contributed by atoms with Crippen LogP contribution in [0.4, 0.5) is 35.1 Å². The lowest BCUT2D eigenvalue weighted by molar-refractivity contribution is -0.278. The highest BCUT2D eigenvalue weighted by molar-refractivity contribution is 7.17. The van der Waals surface area contributed by atoms with Crippen LogP contribution in [0, 0.1) is 0 Å². The zero-order chi connectivity index (χ0) is 19.8. The van der Waals surface area contributed by atoms with Crippen LogP contribution in [0.1, 0.15) is 15.2 Å². The summed E-state index contributed by atoms with van der Waals surface area (Å²) in [5.74, 6) is -6.28. The minimum absolute atomic E-state index is 0.129. The van der Waals surface area contributed by atoms with Crippen LogP contribution in [0.2, 0.25) is 0 Å². The fourth-order valence-corrected chi connectivity index (χ4v) is 2.76. The first-order valence-corrected chi connectivity index (χ1v) is 7.63. The van der Waals surface area contributed by atoms with Crippen LogP contribution in [0.25, 0.3) is 10.4 Å². The molecule has 0 saturated carbocycles. The number of carbonyl (C=O) groups is 1. The lowest BCUT2D eigenvalue weighted by atomic mass is 10.1. The standard InChI is InChI=1S/C15H9F8NOS/c16-13(17,15(21,22)23)7-24-12(25)11-5-4-10(26-11)8-2-1-3-9(6-8)14(18,19)20/h1-6H,7H2,(H,24,25). The molecule has 0 atom stereocenters. The van der Waals surface area contributed by atoms with Gasteiger partial charge in [-0.05, 0) is 29.8 Å². The molecule has 0 saturated heterocycles. The fraction of sp³-hybridized carbons (Fsp3) is 0.267. The van der Waals surface area contributed by atoms with Crippen molar-refractivity contribution in [1.82, 2.24) is 5.32 Å². The third-order valence-corrected chi connectivity index (χ3v) is 4.32. The fourth-order valence-electron chi connectivity index (χ4n) is 1.84. The van der Waals surface area contributed by atoms with E-state index in [1.54, 1.807) is 0 Å². The average Bonchev–Trinajstić information content (AvgIpc) is 3.01. The van der Waals surface area contributed by atoms with Crippen molar-refractivity contribution in [2.45, 2.75) is 18.3 Å². The number of hydrogen-bond donors (Lipinski definition) is 1. The first-order valence-electron chi connectivity index (χ1n) is 6.81. The number of nitrogens with one attached hydrogen (secondary N) is 1. The Labute approximate surface area is 145 Å². The number of amides is 1. The molecule has 142 valence electrons. The van der Waals surface area contributed by atoms with Crippen LogP contribution in [0.3, 0.4) is 0 Å². The molecule has 0 spiro atoms. The van der Waals surface area contributed by atoms with E-state index in [0.29, 0.717) is 11.3 Å². The van der Waals surface area contributed by atoms with Crippen molar-refractivity contribution in [2.75, 3.05) is 6.54 Å². The van der Waals surface area contributed by atoms with Gasteiger partial charge >= 0.3 is 18.3 Å². The molecule has 0 aliphatic rings. The van der Waals surface area contributed by atoms with Crippen LogP contribution in [-0.4, -0.2) is 24.6 Å². The van der Waals surface area contributed by atoms with E-state index in [1.807, 2.05) is 0 Å². The Morgan fingerprint density at radius 3 is 2.19 bits per heavy atom. The van der Waals surface area contributed by atoms with Crippen LogP contribution in [0.5, 0.6) is 0 Å². The second kappa shape index (κ2) is 6.86. The lowest BCUT2D eigenvalue weighted by Crippen LogP contribution is -2.46. The summed E-state index contributed by atoms with van der Waals surface area (Å²) in [5, 5.41) is 1.47. The second-order valence-corrected chi connectivity index (χ2v) is 6.21. The third kappa shape index (κ3) is 4.51. The summed E-state index contributed by atoms with van der Waals surface area (Å²) in [5.41, 5.74) is -0.788. The van der Waals surface area contributed by atoms with Crippen LogP contribution >= 0.6 is 11.3 Å². The molecule has 0 aliphatic carbocycles. The van der Waals surface area contributed by atoms with Crippen molar-refractivity contribution in [1.29, 1.82) is 0 Å². The maximum atomic E-state index is 12.8.